The number of unbranched alkanes of at least 4 members (excludes halogenated alkanes) is 1. The minimum atomic E-state index is 0.834. The van der Waals surface area contributed by atoms with E-state index in [1.165, 1.54) is 6.42 Å². The van der Waals surface area contributed by atoms with Crippen LogP contribution in [-0.2, 0) is 0 Å². The highest BCUT2D eigenvalue weighted by atomic mass is 16.3. The predicted molar refractivity (Wildman–Crippen MR) is 46.1 cm³/mol. The lowest BCUT2D eigenvalue weighted by Crippen LogP contribution is -1.80. The van der Waals surface area contributed by atoms with Crippen LogP contribution in [0.5, 0.6) is 0 Å². The maximum atomic E-state index is 5.06. The first-order valence-corrected chi connectivity index (χ1v) is 3.97. The summed E-state index contributed by atoms with van der Waals surface area (Å²) in [5.41, 5.74) is 0. The van der Waals surface area contributed by atoms with Gasteiger partial charge in [-0.25, -0.2) is 0 Å². The molecular formula is C9H13NO. The van der Waals surface area contributed by atoms with Crippen LogP contribution in [0.15, 0.2) is 27.8 Å². The average molecular weight is 151 g/mol. The SMILES string of the molecule is CCCC/N=C\c1ccco1. The maximum Gasteiger partial charge on any atom is 0.144 e. The normalized spacial score (nSPS) is 11.0. The molecule has 2 heteroatoms. The van der Waals surface area contributed by atoms with Gasteiger partial charge in [0.05, 0.1) is 12.5 Å². The predicted octanol–water partition coefficient (Wildman–Crippen LogP) is 2.50. The summed E-state index contributed by atoms with van der Waals surface area (Å²) in [5.74, 6) is 0.834. The fourth-order valence-electron chi connectivity index (χ4n) is 0.769. The zero-order valence-electron chi connectivity index (χ0n) is 6.79. The molecule has 0 bridgehead atoms. The average Bonchev–Trinajstić information content (AvgIpc) is 2.50. The molecule has 0 saturated carbocycles. The van der Waals surface area contributed by atoms with E-state index in [0.29, 0.717) is 0 Å². The quantitative estimate of drug-likeness (QED) is 0.479. The van der Waals surface area contributed by atoms with Crippen molar-refractivity contribution < 1.29 is 4.42 Å². The van der Waals surface area contributed by atoms with Crippen LogP contribution in [0.2, 0.25) is 0 Å². The molecule has 0 spiro atoms. The molecule has 0 N–H and O–H groups in total. The molecule has 1 aromatic heterocycles. The molecule has 0 unspecified atom stereocenters. The van der Waals surface area contributed by atoms with E-state index in [1.807, 2.05) is 12.1 Å². The number of hydrogen-bond donors (Lipinski definition) is 0. The number of nitrogens with zero attached hydrogens (tertiary/aromatic N) is 1. The fourth-order valence-corrected chi connectivity index (χ4v) is 0.769. The van der Waals surface area contributed by atoms with E-state index in [2.05, 4.69) is 11.9 Å². The zero-order chi connectivity index (χ0) is 7.94. The Bertz CT molecular complexity index is 201. The smallest absolute Gasteiger partial charge is 0.144 e. The third kappa shape index (κ3) is 3.03. The standard InChI is InChI=1S/C9H13NO/c1-2-3-6-10-8-9-5-4-7-11-9/h4-5,7-8H,2-3,6H2,1H3/b10-8-. The molecule has 0 aliphatic carbocycles. The van der Waals surface area contributed by atoms with Gasteiger partial charge >= 0.3 is 0 Å². The van der Waals surface area contributed by atoms with Crippen molar-refractivity contribution in [1.29, 1.82) is 0 Å². The van der Waals surface area contributed by atoms with Gasteiger partial charge in [0.15, 0.2) is 0 Å². The summed E-state index contributed by atoms with van der Waals surface area (Å²) in [6, 6.07) is 3.76. The van der Waals surface area contributed by atoms with Crippen LogP contribution in [0.1, 0.15) is 25.5 Å². The van der Waals surface area contributed by atoms with Gasteiger partial charge in [-0.15, -0.1) is 0 Å². The minimum absolute atomic E-state index is 0.834. The van der Waals surface area contributed by atoms with E-state index in [1.54, 1.807) is 12.5 Å². The van der Waals surface area contributed by atoms with Gasteiger partial charge in [-0.05, 0) is 18.6 Å². The second-order valence-electron chi connectivity index (χ2n) is 2.40. The third-order valence-corrected chi connectivity index (χ3v) is 1.40. The molecule has 0 aliphatic rings. The number of furan rings is 1. The largest absolute Gasteiger partial charge is 0.463 e. The van der Waals surface area contributed by atoms with Crippen LogP contribution in [0.25, 0.3) is 0 Å². The second-order valence-corrected chi connectivity index (χ2v) is 2.40. The first-order valence-electron chi connectivity index (χ1n) is 3.97. The molecule has 2 nitrogen and oxygen atoms in total. The van der Waals surface area contributed by atoms with Crippen molar-refractivity contribution in [2.75, 3.05) is 6.54 Å². The third-order valence-electron chi connectivity index (χ3n) is 1.40. The Morgan fingerprint density at radius 2 is 2.55 bits per heavy atom. The summed E-state index contributed by atoms with van der Waals surface area (Å²) in [4.78, 5) is 4.18. The molecule has 1 heterocycles. The van der Waals surface area contributed by atoms with Gasteiger partial charge in [-0.2, -0.15) is 0 Å². The summed E-state index contributed by atoms with van der Waals surface area (Å²) in [6.45, 7) is 3.06. The Balaban J connectivity index is 2.25. The molecule has 11 heavy (non-hydrogen) atoms. The molecule has 0 aliphatic heterocycles. The van der Waals surface area contributed by atoms with E-state index < -0.39 is 0 Å². The van der Waals surface area contributed by atoms with Gasteiger partial charge in [0.25, 0.3) is 0 Å². The first kappa shape index (κ1) is 8.05. The molecule has 0 amide bonds. The highest BCUT2D eigenvalue weighted by molar-refractivity contribution is 5.75. The van der Waals surface area contributed by atoms with Gasteiger partial charge in [-0.3, -0.25) is 4.99 Å². The molecule has 0 radical (unpaired) electrons. The van der Waals surface area contributed by atoms with Crippen molar-refractivity contribution in [2.45, 2.75) is 19.8 Å². The summed E-state index contributed by atoms with van der Waals surface area (Å²) in [5, 5.41) is 0. The molecule has 1 aromatic rings. The lowest BCUT2D eigenvalue weighted by atomic mass is 10.3. The van der Waals surface area contributed by atoms with Crippen LogP contribution in [0.3, 0.4) is 0 Å². The van der Waals surface area contributed by atoms with Crippen molar-refractivity contribution in [3.8, 4) is 0 Å². The maximum absolute atomic E-state index is 5.06. The fraction of sp³-hybridized carbons (Fsp3) is 0.444. The number of aliphatic imine (C=N–C) groups is 1. The van der Waals surface area contributed by atoms with Crippen molar-refractivity contribution >= 4 is 6.21 Å². The first-order chi connectivity index (χ1) is 5.43. The summed E-state index contributed by atoms with van der Waals surface area (Å²) < 4.78 is 5.06. The number of rotatable bonds is 4. The minimum Gasteiger partial charge on any atom is -0.463 e. The van der Waals surface area contributed by atoms with E-state index in [0.717, 1.165) is 18.7 Å². The molecule has 0 fully saturated rings. The molecule has 0 aromatic carbocycles. The second kappa shape index (κ2) is 4.72. The van der Waals surface area contributed by atoms with Gasteiger partial charge in [0.1, 0.15) is 5.76 Å². The van der Waals surface area contributed by atoms with Crippen molar-refractivity contribution in [3.63, 3.8) is 0 Å². The molecule has 0 saturated heterocycles. The van der Waals surface area contributed by atoms with E-state index in [4.69, 9.17) is 4.42 Å². The Kier molecular flexibility index (Phi) is 3.45. The zero-order valence-corrected chi connectivity index (χ0v) is 6.79. The van der Waals surface area contributed by atoms with E-state index in [9.17, 15) is 0 Å². The number of hydrogen-bond acceptors (Lipinski definition) is 2. The Morgan fingerprint density at radius 1 is 1.64 bits per heavy atom. The highest BCUT2D eigenvalue weighted by Gasteiger charge is 1.86. The monoisotopic (exact) mass is 151 g/mol. The van der Waals surface area contributed by atoms with Gasteiger partial charge in [0, 0.05) is 6.54 Å². The summed E-state index contributed by atoms with van der Waals surface area (Å²) in [7, 11) is 0. The lowest BCUT2D eigenvalue weighted by Gasteiger charge is -1.87. The molecule has 1 rings (SSSR count). The van der Waals surface area contributed by atoms with E-state index >= 15 is 0 Å². The van der Waals surface area contributed by atoms with Crippen molar-refractivity contribution in [1.82, 2.24) is 0 Å². The summed E-state index contributed by atoms with van der Waals surface area (Å²) >= 11 is 0. The highest BCUT2D eigenvalue weighted by Crippen LogP contribution is 1.95. The summed E-state index contributed by atoms with van der Waals surface area (Å²) in [6.07, 6.45) is 5.77. The Labute approximate surface area is 66.9 Å². The topological polar surface area (TPSA) is 25.5 Å². The van der Waals surface area contributed by atoms with Gasteiger partial charge in [0.2, 0.25) is 0 Å². The van der Waals surface area contributed by atoms with E-state index in [-0.39, 0.29) is 0 Å². The van der Waals surface area contributed by atoms with Gasteiger partial charge in [-0.1, -0.05) is 13.3 Å². The molecular weight excluding hydrogens is 138 g/mol. The Morgan fingerprint density at radius 3 is 3.18 bits per heavy atom. The lowest BCUT2D eigenvalue weighted by molar-refractivity contribution is 0.560. The van der Waals surface area contributed by atoms with Crippen molar-refractivity contribution in [2.24, 2.45) is 4.99 Å². The van der Waals surface area contributed by atoms with Crippen LogP contribution in [0, 0.1) is 0 Å². The van der Waals surface area contributed by atoms with Crippen LogP contribution >= 0.6 is 0 Å². The van der Waals surface area contributed by atoms with Crippen LogP contribution in [0.4, 0.5) is 0 Å². The molecule has 60 valence electrons. The van der Waals surface area contributed by atoms with Gasteiger partial charge < -0.3 is 4.42 Å². The van der Waals surface area contributed by atoms with Crippen LogP contribution in [-0.4, -0.2) is 12.8 Å². The Hall–Kier alpha value is -1.05. The van der Waals surface area contributed by atoms with Crippen LogP contribution < -0.4 is 0 Å². The molecule has 0 atom stereocenters. The van der Waals surface area contributed by atoms with Crippen molar-refractivity contribution in [3.05, 3.63) is 24.2 Å².